The normalized spacial score (nSPS) is 20.7. The van der Waals surface area contributed by atoms with Gasteiger partial charge in [0.25, 0.3) is 0 Å². The van der Waals surface area contributed by atoms with Crippen LogP contribution in [0.25, 0.3) is 10.9 Å². The minimum absolute atomic E-state index is 0.117. The zero-order valence-corrected chi connectivity index (χ0v) is 12.7. The van der Waals surface area contributed by atoms with Crippen LogP contribution in [-0.2, 0) is 15.7 Å². The van der Waals surface area contributed by atoms with Crippen LogP contribution in [0, 0.1) is 0 Å². The third kappa shape index (κ3) is 2.27. The second kappa shape index (κ2) is 4.64. The number of nitrogens with one attached hydrogen (secondary N) is 1. The van der Waals surface area contributed by atoms with Crippen molar-refractivity contribution in [3.8, 4) is 0 Å². The van der Waals surface area contributed by atoms with Gasteiger partial charge in [-0.1, -0.05) is 18.2 Å². The lowest BCUT2D eigenvalue weighted by Crippen LogP contribution is -2.41. The van der Waals surface area contributed by atoms with Crippen LogP contribution < -0.4 is 0 Å². The predicted molar refractivity (Wildman–Crippen MR) is 82.9 cm³/mol. The number of H-pyrrole nitrogens is 1. The van der Waals surface area contributed by atoms with Crippen molar-refractivity contribution in [1.29, 1.82) is 0 Å². The fourth-order valence-corrected chi connectivity index (χ4v) is 2.69. The smallest absolute Gasteiger partial charge is 0.403 e. The van der Waals surface area contributed by atoms with Gasteiger partial charge in [0.05, 0.1) is 11.2 Å². The Morgan fingerprint density at radius 3 is 2.40 bits per heavy atom. The van der Waals surface area contributed by atoms with E-state index in [1.165, 1.54) is 16.5 Å². The van der Waals surface area contributed by atoms with Crippen LogP contribution in [0.3, 0.4) is 0 Å². The Kier molecular flexibility index (Phi) is 3.18. The first kappa shape index (κ1) is 13.7. The van der Waals surface area contributed by atoms with E-state index in [4.69, 9.17) is 9.31 Å². The SMILES string of the molecule is CC1(C)OB(CCc2c[nH]c3ccccc23)OC1(C)C. The van der Waals surface area contributed by atoms with E-state index >= 15 is 0 Å². The number of fused-ring (bicyclic) bond motifs is 1. The maximum atomic E-state index is 6.04. The quantitative estimate of drug-likeness (QED) is 0.861. The van der Waals surface area contributed by atoms with Crippen LogP contribution in [0.15, 0.2) is 30.5 Å². The van der Waals surface area contributed by atoms with E-state index in [9.17, 15) is 0 Å². The maximum absolute atomic E-state index is 6.04. The highest BCUT2D eigenvalue weighted by atomic mass is 16.7. The van der Waals surface area contributed by atoms with Crippen molar-refractivity contribution in [1.82, 2.24) is 4.98 Å². The molecule has 2 heterocycles. The molecule has 0 saturated carbocycles. The van der Waals surface area contributed by atoms with Gasteiger partial charge in [-0.25, -0.2) is 0 Å². The number of aromatic amines is 1. The lowest BCUT2D eigenvalue weighted by molar-refractivity contribution is 0.00578. The molecule has 0 atom stereocenters. The summed E-state index contributed by atoms with van der Waals surface area (Å²) >= 11 is 0. The van der Waals surface area contributed by atoms with E-state index in [1.807, 2.05) is 0 Å². The summed E-state index contributed by atoms with van der Waals surface area (Å²) in [5.41, 5.74) is 2.04. The van der Waals surface area contributed by atoms with Gasteiger partial charge in [-0.3, -0.25) is 0 Å². The average Bonchev–Trinajstić information content (AvgIpc) is 2.86. The molecule has 1 fully saturated rings. The lowest BCUT2D eigenvalue weighted by atomic mass is 9.81. The molecule has 1 aromatic heterocycles. The summed E-state index contributed by atoms with van der Waals surface area (Å²) in [6, 6.07) is 8.39. The Labute approximate surface area is 120 Å². The largest absolute Gasteiger partial charge is 0.458 e. The van der Waals surface area contributed by atoms with Crippen molar-refractivity contribution in [2.45, 2.75) is 51.6 Å². The summed E-state index contributed by atoms with van der Waals surface area (Å²) < 4.78 is 12.1. The van der Waals surface area contributed by atoms with E-state index in [-0.39, 0.29) is 18.3 Å². The van der Waals surface area contributed by atoms with Crippen LogP contribution in [-0.4, -0.2) is 23.3 Å². The second-order valence-electron chi connectivity index (χ2n) is 6.58. The van der Waals surface area contributed by atoms with E-state index in [1.54, 1.807) is 0 Å². The third-order valence-corrected chi connectivity index (χ3v) is 4.63. The Hall–Kier alpha value is -1.26. The van der Waals surface area contributed by atoms with E-state index in [2.05, 4.69) is 63.1 Å². The molecule has 1 aromatic carbocycles. The first-order chi connectivity index (χ1) is 9.39. The first-order valence-corrected chi connectivity index (χ1v) is 7.30. The third-order valence-electron chi connectivity index (χ3n) is 4.63. The van der Waals surface area contributed by atoms with Crippen molar-refractivity contribution in [3.05, 3.63) is 36.0 Å². The highest BCUT2D eigenvalue weighted by molar-refractivity contribution is 6.45. The first-order valence-electron chi connectivity index (χ1n) is 7.30. The molecule has 4 heteroatoms. The molecule has 0 amide bonds. The topological polar surface area (TPSA) is 34.2 Å². The molecule has 20 heavy (non-hydrogen) atoms. The minimum atomic E-state index is -0.238. The van der Waals surface area contributed by atoms with Crippen LogP contribution in [0.4, 0.5) is 0 Å². The Morgan fingerprint density at radius 1 is 1.05 bits per heavy atom. The van der Waals surface area contributed by atoms with Gasteiger partial charge in [0.2, 0.25) is 0 Å². The van der Waals surface area contributed by atoms with Crippen LogP contribution in [0.1, 0.15) is 33.3 Å². The summed E-state index contributed by atoms with van der Waals surface area (Å²) in [6.45, 7) is 8.38. The minimum Gasteiger partial charge on any atom is -0.403 e. The van der Waals surface area contributed by atoms with Crippen molar-refractivity contribution in [2.75, 3.05) is 0 Å². The number of aryl methyl sites for hydroxylation is 1. The zero-order chi connectivity index (χ0) is 14.4. The van der Waals surface area contributed by atoms with Gasteiger partial charge in [0.15, 0.2) is 0 Å². The summed E-state index contributed by atoms with van der Waals surface area (Å²) in [5, 5.41) is 1.30. The Balaban J connectivity index is 1.69. The van der Waals surface area contributed by atoms with Gasteiger partial charge in [-0.15, -0.1) is 0 Å². The molecule has 1 aliphatic heterocycles. The molecule has 0 spiro atoms. The summed E-state index contributed by atoms with van der Waals surface area (Å²) in [7, 11) is -0.117. The molecule has 0 aliphatic carbocycles. The number of hydrogen-bond acceptors (Lipinski definition) is 2. The molecule has 2 aromatic rings. The lowest BCUT2D eigenvalue weighted by Gasteiger charge is -2.32. The van der Waals surface area contributed by atoms with Gasteiger partial charge < -0.3 is 14.3 Å². The molecule has 0 radical (unpaired) electrons. The number of rotatable bonds is 3. The monoisotopic (exact) mass is 271 g/mol. The summed E-state index contributed by atoms with van der Waals surface area (Å²) in [5.74, 6) is 0. The molecular formula is C16H22BNO2. The maximum Gasteiger partial charge on any atom is 0.458 e. The van der Waals surface area contributed by atoms with E-state index in [0.717, 1.165) is 12.7 Å². The Bertz CT molecular complexity index is 602. The zero-order valence-electron chi connectivity index (χ0n) is 12.7. The van der Waals surface area contributed by atoms with Crippen LogP contribution in [0.2, 0.25) is 6.32 Å². The van der Waals surface area contributed by atoms with Crippen molar-refractivity contribution < 1.29 is 9.31 Å². The van der Waals surface area contributed by atoms with E-state index in [0.29, 0.717) is 0 Å². The van der Waals surface area contributed by atoms with Gasteiger partial charge in [0.1, 0.15) is 0 Å². The number of para-hydroxylation sites is 1. The molecule has 1 saturated heterocycles. The Morgan fingerprint density at radius 2 is 1.70 bits per heavy atom. The van der Waals surface area contributed by atoms with Crippen molar-refractivity contribution >= 4 is 18.0 Å². The number of benzene rings is 1. The number of hydrogen-bond donors (Lipinski definition) is 1. The predicted octanol–water partition coefficient (Wildman–Crippen LogP) is 3.80. The van der Waals surface area contributed by atoms with Gasteiger partial charge >= 0.3 is 7.12 Å². The summed E-state index contributed by atoms with van der Waals surface area (Å²) in [4.78, 5) is 3.31. The fraction of sp³-hybridized carbons (Fsp3) is 0.500. The van der Waals surface area contributed by atoms with Gasteiger partial charge in [-0.05, 0) is 52.1 Å². The van der Waals surface area contributed by atoms with Crippen LogP contribution >= 0.6 is 0 Å². The molecule has 1 N–H and O–H groups in total. The van der Waals surface area contributed by atoms with Gasteiger partial charge in [0, 0.05) is 17.1 Å². The number of aromatic nitrogens is 1. The molecule has 106 valence electrons. The molecule has 1 aliphatic rings. The van der Waals surface area contributed by atoms with E-state index < -0.39 is 0 Å². The highest BCUT2D eigenvalue weighted by Gasteiger charge is 2.50. The molecule has 3 nitrogen and oxygen atoms in total. The molecule has 0 bridgehead atoms. The van der Waals surface area contributed by atoms with Crippen molar-refractivity contribution in [2.24, 2.45) is 0 Å². The highest BCUT2D eigenvalue weighted by Crippen LogP contribution is 2.38. The molecule has 0 unspecified atom stereocenters. The average molecular weight is 271 g/mol. The molecule has 3 rings (SSSR count). The second-order valence-corrected chi connectivity index (χ2v) is 6.58. The summed E-state index contributed by atoms with van der Waals surface area (Å²) in [6.07, 6.45) is 3.94. The van der Waals surface area contributed by atoms with Crippen molar-refractivity contribution in [3.63, 3.8) is 0 Å². The van der Waals surface area contributed by atoms with Crippen LogP contribution in [0.5, 0.6) is 0 Å². The molecular weight excluding hydrogens is 249 g/mol. The van der Waals surface area contributed by atoms with Gasteiger partial charge in [-0.2, -0.15) is 0 Å². The fourth-order valence-electron chi connectivity index (χ4n) is 2.69. The standard InChI is InChI=1S/C16H22BNO2/c1-15(2)16(3,4)20-17(19-15)10-9-12-11-18-14-8-6-5-7-13(12)14/h5-8,11,18H,9-10H2,1-4H3.